The number of methoxy groups -OCH3 is 2. The summed E-state index contributed by atoms with van der Waals surface area (Å²) in [6, 6.07) is 9.34. The van der Waals surface area contributed by atoms with Crippen molar-refractivity contribution in [2.75, 3.05) is 45.3 Å². The summed E-state index contributed by atoms with van der Waals surface area (Å²) in [5.74, 6) is 1.58. The Bertz CT molecular complexity index is 676. The molecule has 1 aromatic heterocycles. The van der Waals surface area contributed by atoms with Gasteiger partial charge in [0.2, 0.25) is 0 Å². The second-order valence-corrected chi connectivity index (χ2v) is 5.59. The van der Waals surface area contributed by atoms with Crippen LogP contribution in [0.25, 0.3) is 0 Å². The number of ether oxygens (including phenoxy) is 2. The third-order valence-corrected chi connectivity index (χ3v) is 4.20. The zero-order chi connectivity index (χ0) is 16.9. The molecule has 1 saturated heterocycles. The van der Waals surface area contributed by atoms with Crippen LogP contribution >= 0.6 is 0 Å². The highest BCUT2D eigenvalue weighted by atomic mass is 16.5. The van der Waals surface area contributed by atoms with E-state index in [0.717, 1.165) is 30.3 Å². The molecule has 0 spiro atoms. The quantitative estimate of drug-likeness (QED) is 0.860. The Labute approximate surface area is 141 Å². The predicted molar refractivity (Wildman–Crippen MR) is 91.9 cm³/mol. The minimum atomic E-state index is 0.0558. The number of amides is 1. The number of aromatic nitrogens is 1. The first-order valence-electron chi connectivity index (χ1n) is 7.88. The summed E-state index contributed by atoms with van der Waals surface area (Å²) in [4.78, 5) is 20.6. The van der Waals surface area contributed by atoms with Crippen molar-refractivity contribution in [1.29, 1.82) is 0 Å². The van der Waals surface area contributed by atoms with E-state index in [0.29, 0.717) is 18.7 Å². The maximum atomic E-state index is 12.5. The van der Waals surface area contributed by atoms with Gasteiger partial charge in [-0.05, 0) is 12.1 Å². The van der Waals surface area contributed by atoms with Crippen molar-refractivity contribution < 1.29 is 14.3 Å². The lowest BCUT2D eigenvalue weighted by Crippen LogP contribution is -2.48. The van der Waals surface area contributed by atoms with Crippen LogP contribution in [-0.4, -0.2) is 56.2 Å². The molecule has 6 nitrogen and oxygen atoms in total. The first kappa shape index (κ1) is 16.1. The van der Waals surface area contributed by atoms with E-state index >= 15 is 0 Å². The molecule has 1 fully saturated rings. The summed E-state index contributed by atoms with van der Waals surface area (Å²) in [5.41, 5.74) is 1.73. The van der Waals surface area contributed by atoms with Gasteiger partial charge in [-0.15, -0.1) is 0 Å². The Morgan fingerprint density at radius 1 is 0.958 bits per heavy atom. The van der Waals surface area contributed by atoms with Gasteiger partial charge >= 0.3 is 0 Å². The minimum absolute atomic E-state index is 0.0558. The Morgan fingerprint density at radius 2 is 1.54 bits per heavy atom. The highest BCUT2D eigenvalue weighted by Crippen LogP contribution is 2.29. The third kappa shape index (κ3) is 3.42. The molecule has 0 bridgehead atoms. The van der Waals surface area contributed by atoms with Gasteiger partial charge in [-0.25, -0.2) is 0 Å². The number of benzene rings is 1. The van der Waals surface area contributed by atoms with Gasteiger partial charge in [0.1, 0.15) is 11.5 Å². The molecule has 1 aliphatic rings. The van der Waals surface area contributed by atoms with Gasteiger partial charge < -0.3 is 19.3 Å². The summed E-state index contributed by atoms with van der Waals surface area (Å²) in [5, 5.41) is 0. The van der Waals surface area contributed by atoms with E-state index in [9.17, 15) is 4.79 Å². The number of nitrogens with zero attached hydrogens (tertiary/aromatic N) is 3. The molecule has 0 atom stereocenters. The highest BCUT2D eigenvalue weighted by molar-refractivity contribution is 5.94. The molecule has 0 radical (unpaired) electrons. The van der Waals surface area contributed by atoms with Crippen molar-refractivity contribution >= 4 is 11.6 Å². The van der Waals surface area contributed by atoms with Crippen LogP contribution in [0.4, 0.5) is 5.69 Å². The molecule has 0 N–H and O–H groups in total. The van der Waals surface area contributed by atoms with Gasteiger partial charge in [0.25, 0.3) is 5.91 Å². The maximum Gasteiger partial charge on any atom is 0.254 e. The molecule has 1 aromatic carbocycles. The molecular formula is C18H21N3O3. The first-order valence-corrected chi connectivity index (χ1v) is 7.88. The average molecular weight is 327 g/mol. The molecule has 6 heteroatoms. The fourth-order valence-corrected chi connectivity index (χ4v) is 2.82. The molecule has 0 aliphatic carbocycles. The third-order valence-electron chi connectivity index (χ3n) is 4.20. The Kier molecular flexibility index (Phi) is 4.84. The standard InChI is InChI=1S/C18H21N3O3/c1-23-16-11-15(12-17(13-16)24-2)20-7-9-21(10-8-20)18(22)14-3-5-19-6-4-14/h3-6,11-13H,7-10H2,1-2H3. The number of hydrogen-bond acceptors (Lipinski definition) is 5. The van der Waals surface area contributed by atoms with Crippen LogP contribution in [0.1, 0.15) is 10.4 Å². The molecule has 3 rings (SSSR count). The van der Waals surface area contributed by atoms with Gasteiger partial charge in [-0.1, -0.05) is 0 Å². The molecule has 1 amide bonds. The van der Waals surface area contributed by atoms with Gasteiger partial charge in [-0.2, -0.15) is 0 Å². The van der Waals surface area contributed by atoms with Crippen LogP contribution in [0.3, 0.4) is 0 Å². The van der Waals surface area contributed by atoms with Crippen LogP contribution in [0, 0.1) is 0 Å². The summed E-state index contributed by atoms with van der Waals surface area (Å²) >= 11 is 0. The van der Waals surface area contributed by atoms with Crippen LogP contribution < -0.4 is 14.4 Å². The Balaban J connectivity index is 1.68. The molecule has 2 heterocycles. The van der Waals surface area contributed by atoms with Gasteiger partial charge in [0.05, 0.1) is 14.2 Å². The van der Waals surface area contributed by atoms with E-state index < -0.39 is 0 Å². The number of hydrogen-bond donors (Lipinski definition) is 0. The van der Waals surface area contributed by atoms with Crippen LogP contribution in [0.15, 0.2) is 42.7 Å². The summed E-state index contributed by atoms with van der Waals surface area (Å²) in [6.45, 7) is 2.90. The number of carbonyl (C=O) groups excluding carboxylic acids is 1. The topological polar surface area (TPSA) is 54.9 Å². The van der Waals surface area contributed by atoms with E-state index in [1.165, 1.54) is 0 Å². The van der Waals surface area contributed by atoms with Crippen LogP contribution in [-0.2, 0) is 0 Å². The molecule has 24 heavy (non-hydrogen) atoms. The Hall–Kier alpha value is -2.76. The van der Waals surface area contributed by atoms with Crippen molar-refractivity contribution in [2.45, 2.75) is 0 Å². The van der Waals surface area contributed by atoms with Gasteiger partial charge in [0.15, 0.2) is 0 Å². The molecule has 0 unspecified atom stereocenters. The monoisotopic (exact) mass is 327 g/mol. The van der Waals surface area contributed by atoms with Crippen LogP contribution in [0.5, 0.6) is 11.5 Å². The molecule has 0 saturated carbocycles. The normalized spacial score (nSPS) is 14.4. The largest absolute Gasteiger partial charge is 0.497 e. The summed E-state index contributed by atoms with van der Waals surface area (Å²) < 4.78 is 10.7. The first-order chi connectivity index (χ1) is 11.7. The van der Waals surface area contributed by atoms with Gasteiger partial charge in [-0.3, -0.25) is 9.78 Å². The lowest BCUT2D eigenvalue weighted by Gasteiger charge is -2.36. The van der Waals surface area contributed by atoms with E-state index in [2.05, 4.69) is 9.88 Å². The highest BCUT2D eigenvalue weighted by Gasteiger charge is 2.22. The second kappa shape index (κ2) is 7.21. The lowest BCUT2D eigenvalue weighted by molar-refractivity contribution is 0.0746. The fourth-order valence-electron chi connectivity index (χ4n) is 2.82. The summed E-state index contributed by atoms with van der Waals surface area (Å²) in [6.07, 6.45) is 3.29. The van der Waals surface area contributed by atoms with E-state index in [1.807, 2.05) is 23.1 Å². The minimum Gasteiger partial charge on any atom is -0.497 e. The lowest BCUT2D eigenvalue weighted by atomic mass is 10.2. The molecule has 2 aromatic rings. The fraction of sp³-hybridized carbons (Fsp3) is 0.333. The average Bonchev–Trinajstić information content (AvgIpc) is 2.67. The number of rotatable bonds is 4. The summed E-state index contributed by atoms with van der Waals surface area (Å²) in [7, 11) is 3.29. The number of piperazine rings is 1. The van der Waals surface area contributed by atoms with Crippen LogP contribution in [0.2, 0.25) is 0 Å². The number of anilines is 1. The van der Waals surface area contributed by atoms with Crippen molar-refractivity contribution in [1.82, 2.24) is 9.88 Å². The van der Waals surface area contributed by atoms with Gasteiger partial charge in [0, 0.05) is 68.0 Å². The molecular weight excluding hydrogens is 306 g/mol. The zero-order valence-corrected chi connectivity index (χ0v) is 13.9. The maximum absolute atomic E-state index is 12.5. The van der Waals surface area contributed by atoms with E-state index in [1.54, 1.807) is 38.7 Å². The zero-order valence-electron chi connectivity index (χ0n) is 13.9. The Morgan fingerprint density at radius 3 is 2.08 bits per heavy atom. The number of carbonyl (C=O) groups is 1. The second-order valence-electron chi connectivity index (χ2n) is 5.59. The van der Waals surface area contributed by atoms with Crippen molar-refractivity contribution in [3.8, 4) is 11.5 Å². The van der Waals surface area contributed by atoms with E-state index in [4.69, 9.17) is 9.47 Å². The predicted octanol–water partition coefficient (Wildman–Crippen LogP) is 2.06. The van der Waals surface area contributed by atoms with Crippen molar-refractivity contribution in [2.24, 2.45) is 0 Å². The van der Waals surface area contributed by atoms with Crippen molar-refractivity contribution in [3.05, 3.63) is 48.3 Å². The van der Waals surface area contributed by atoms with Crippen molar-refractivity contribution in [3.63, 3.8) is 0 Å². The van der Waals surface area contributed by atoms with E-state index in [-0.39, 0.29) is 5.91 Å². The molecule has 1 aliphatic heterocycles. The smallest absolute Gasteiger partial charge is 0.254 e. The SMILES string of the molecule is COc1cc(OC)cc(N2CCN(C(=O)c3ccncc3)CC2)c1. The number of pyridine rings is 1. The molecule has 126 valence electrons.